The Labute approximate surface area is 198 Å². The van der Waals surface area contributed by atoms with Crippen molar-refractivity contribution in [2.24, 2.45) is 11.3 Å². The van der Waals surface area contributed by atoms with Gasteiger partial charge >= 0.3 is 6.18 Å². The molecule has 5 nitrogen and oxygen atoms in total. The van der Waals surface area contributed by atoms with Crippen LogP contribution < -0.4 is 16.0 Å². The van der Waals surface area contributed by atoms with E-state index in [1.807, 2.05) is 7.05 Å². The van der Waals surface area contributed by atoms with E-state index in [0.717, 1.165) is 50.5 Å². The molecule has 1 aromatic carbocycles. The molecule has 2 aliphatic carbocycles. The van der Waals surface area contributed by atoms with Crippen molar-refractivity contribution >= 4 is 12.1 Å². The van der Waals surface area contributed by atoms with Crippen molar-refractivity contribution in [1.29, 1.82) is 0 Å². The number of alkyl halides is 3. The van der Waals surface area contributed by atoms with Crippen LogP contribution in [0.2, 0.25) is 0 Å². The van der Waals surface area contributed by atoms with Crippen molar-refractivity contribution in [3.8, 4) is 0 Å². The summed E-state index contributed by atoms with van der Waals surface area (Å²) in [4.78, 5) is 14.8. The summed E-state index contributed by atoms with van der Waals surface area (Å²) in [6, 6.07) is 9.98. The number of halogens is 3. The van der Waals surface area contributed by atoms with E-state index in [1.54, 1.807) is 0 Å². The molecular weight excluding hydrogens is 441 g/mol. The average molecular weight is 475 g/mol. The highest BCUT2D eigenvalue weighted by atomic mass is 19.4. The molecule has 2 aromatic rings. The predicted octanol–water partition coefficient (Wildman–Crippen LogP) is 4.71. The number of benzene rings is 1. The molecule has 3 atom stereocenters. The summed E-state index contributed by atoms with van der Waals surface area (Å²) < 4.78 is 40.3. The van der Waals surface area contributed by atoms with Gasteiger partial charge in [0.1, 0.15) is 0 Å². The number of amides is 1. The van der Waals surface area contributed by atoms with E-state index in [9.17, 15) is 18.0 Å². The van der Waals surface area contributed by atoms with Gasteiger partial charge in [0.15, 0.2) is 0 Å². The lowest BCUT2D eigenvalue weighted by molar-refractivity contribution is -0.137. The van der Waals surface area contributed by atoms with Crippen molar-refractivity contribution in [3.05, 3.63) is 58.9 Å². The topological polar surface area (TPSA) is 66.1 Å². The van der Waals surface area contributed by atoms with Crippen LogP contribution in [0.1, 0.15) is 54.5 Å². The summed E-state index contributed by atoms with van der Waals surface area (Å²) in [5.41, 5.74) is 2.94. The van der Waals surface area contributed by atoms with Crippen molar-refractivity contribution in [1.82, 2.24) is 15.6 Å². The maximum Gasteiger partial charge on any atom is 0.417 e. The molecular formula is C26H33F3N4O. The van der Waals surface area contributed by atoms with Gasteiger partial charge in [0.05, 0.1) is 5.56 Å². The van der Waals surface area contributed by atoms with E-state index in [-0.39, 0.29) is 5.41 Å². The highest BCUT2D eigenvalue weighted by molar-refractivity contribution is 5.46. The number of carbonyl (C=O) groups is 1. The van der Waals surface area contributed by atoms with Gasteiger partial charge in [-0.2, -0.15) is 13.2 Å². The summed E-state index contributed by atoms with van der Waals surface area (Å²) >= 11 is 0. The Morgan fingerprint density at radius 1 is 1.24 bits per heavy atom. The fourth-order valence-corrected chi connectivity index (χ4v) is 5.98. The zero-order valence-electron chi connectivity index (χ0n) is 19.5. The molecule has 184 valence electrons. The average Bonchev–Trinajstić information content (AvgIpc) is 3.35. The number of carbonyl (C=O) groups excluding carboxylic acids is 1. The van der Waals surface area contributed by atoms with Gasteiger partial charge in [-0.25, -0.2) is 0 Å². The third-order valence-electron chi connectivity index (χ3n) is 7.67. The van der Waals surface area contributed by atoms with Gasteiger partial charge in [0.25, 0.3) is 0 Å². The van der Waals surface area contributed by atoms with Crippen molar-refractivity contribution in [3.63, 3.8) is 0 Å². The fraction of sp³-hybridized carbons (Fsp3) is 0.538. The minimum Gasteiger partial charge on any atom is -0.388 e. The number of nitrogens with one attached hydrogen (secondary N) is 3. The molecule has 3 unspecified atom stereocenters. The first-order valence-electron chi connectivity index (χ1n) is 12.0. The number of hydrogen-bond donors (Lipinski definition) is 3. The van der Waals surface area contributed by atoms with Crippen LogP contribution in [0.3, 0.4) is 0 Å². The molecule has 1 heterocycles. The quantitative estimate of drug-likeness (QED) is 0.345. The first-order valence-corrected chi connectivity index (χ1v) is 12.0. The monoisotopic (exact) mass is 474 g/mol. The first-order chi connectivity index (χ1) is 16.3. The summed E-state index contributed by atoms with van der Waals surface area (Å²) in [6.07, 6.45) is 3.46. The van der Waals surface area contributed by atoms with Gasteiger partial charge in [0.2, 0.25) is 6.41 Å². The van der Waals surface area contributed by atoms with Crippen LogP contribution in [-0.2, 0) is 30.4 Å². The van der Waals surface area contributed by atoms with E-state index in [1.165, 1.54) is 11.6 Å². The smallest absolute Gasteiger partial charge is 0.388 e. The van der Waals surface area contributed by atoms with Gasteiger partial charge in [-0.05, 0) is 72.8 Å². The number of fused-ring (bicyclic) bond motifs is 1. The highest BCUT2D eigenvalue weighted by Gasteiger charge is 2.50. The van der Waals surface area contributed by atoms with Crippen molar-refractivity contribution in [2.75, 3.05) is 18.9 Å². The van der Waals surface area contributed by atoms with E-state index in [4.69, 9.17) is 0 Å². The zero-order chi connectivity index (χ0) is 24.2. The Bertz CT molecular complexity index is 979. The number of pyridine rings is 1. The van der Waals surface area contributed by atoms with Gasteiger partial charge in [-0.15, -0.1) is 0 Å². The van der Waals surface area contributed by atoms with Crippen molar-refractivity contribution < 1.29 is 18.0 Å². The maximum absolute atomic E-state index is 13.4. The summed E-state index contributed by atoms with van der Waals surface area (Å²) in [6.45, 7) is 1.15. The minimum absolute atomic E-state index is 0.00634. The van der Waals surface area contributed by atoms with Gasteiger partial charge in [0, 0.05) is 50.2 Å². The lowest BCUT2D eigenvalue weighted by atomic mass is 9.74. The van der Waals surface area contributed by atoms with Crippen LogP contribution in [0.5, 0.6) is 0 Å². The van der Waals surface area contributed by atoms with Crippen LogP contribution in [0.25, 0.3) is 0 Å². The Kier molecular flexibility index (Phi) is 7.45. The summed E-state index contributed by atoms with van der Waals surface area (Å²) in [5.74, 6) is 0.507. The van der Waals surface area contributed by atoms with E-state index in [2.05, 4.69) is 45.2 Å². The summed E-state index contributed by atoms with van der Waals surface area (Å²) in [7, 11) is 1.90. The SMILES string of the molecule is CNc1ccc(CNC2CC3CCCC3(Cc3cc(C(F)(F)F)cnc3CCNC=O)C2)cc1. The van der Waals surface area contributed by atoms with Crippen molar-refractivity contribution in [2.45, 2.75) is 63.7 Å². The number of anilines is 1. The molecule has 34 heavy (non-hydrogen) atoms. The molecule has 2 fully saturated rings. The Balaban J connectivity index is 1.49. The van der Waals surface area contributed by atoms with E-state index >= 15 is 0 Å². The maximum atomic E-state index is 13.4. The standard InChI is InChI=1S/C26H33F3N4O/c1-30-22-6-4-18(5-7-22)15-32-23-12-20-3-2-9-25(20,14-23)13-19-11-21(26(27,28)29)16-33-24(19)8-10-31-17-34/h4-7,11,16-17,20,23,30,32H,2-3,8-10,12-15H2,1H3,(H,31,34). The number of hydrogen-bond acceptors (Lipinski definition) is 4. The zero-order valence-corrected chi connectivity index (χ0v) is 19.5. The lowest BCUT2D eigenvalue weighted by Crippen LogP contribution is -2.29. The molecule has 0 spiro atoms. The van der Waals surface area contributed by atoms with Crippen LogP contribution in [0.4, 0.5) is 18.9 Å². The van der Waals surface area contributed by atoms with Gasteiger partial charge in [-0.3, -0.25) is 9.78 Å². The van der Waals surface area contributed by atoms with Crippen LogP contribution >= 0.6 is 0 Å². The Morgan fingerprint density at radius 3 is 2.74 bits per heavy atom. The molecule has 1 amide bonds. The fourth-order valence-electron chi connectivity index (χ4n) is 5.98. The molecule has 8 heteroatoms. The largest absolute Gasteiger partial charge is 0.417 e. The molecule has 4 rings (SSSR count). The van der Waals surface area contributed by atoms with Gasteiger partial charge in [-0.1, -0.05) is 18.6 Å². The normalized spacial score (nSPS) is 24.1. The Hall–Kier alpha value is -2.61. The van der Waals surface area contributed by atoms with Crippen LogP contribution in [0, 0.1) is 11.3 Å². The van der Waals surface area contributed by atoms with Crippen LogP contribution in [-0.4, -0.2) is 31.0 Å². The molecule has 2 saturated carbocycles. The van der Waals surface area contributed by atoms with Gasteiger partial charge < -0.3 is 16.0 Å². The molecule has 2 aliphatic rings. The molecule has 1 aromatic heterocycles. The molecule has 0 radical (unpaired) electrons. The third kappa shape index (κ3) is 5.54. The molecule has 0 aliphatic heterocycles. The second-order valence-electron chi connectivity index (χ2n) is 9.74. The molecule has 0 bridgehead atoms. The highest BCUT2D eigenvalue weighted by Crippen LogP contribution is 2.56. The Morgan fingerprint density at radius 2 is 2.03 bits per heavy atom. The lowest BCUT2D eigenvalue weighted by Gasteiger charge is -2.31. The molecule has 0 saturated heterocycles. The number of nitrogens with zero attached hydrogens (tertiary/aromatic N) is 1. The first kappa shape index (κ1) is 24.5. The second-order valence-corrected chi connectivity index (χ2v) is 9.74. The minimum atomic E-state index is -4.42. The predicted molar refractivity (Wildman–Crippen MR) is 126 cm³/mol. The third-order valence-corrected chi connectivity index (χ3v) is 7.67. The number of rotatable bonds is 10. The van der Waals surface area contributed by atoms with Crippen LogP contribution in [0.15, 0.2) is 36.5 Å². The number of aromatic nitrogens is 1. The molecule has 3 N–H and O–H groups in total. The van der Waals surface area contributed by atoms with E-state index in [0.29, 0.717) is 49.0 Å². The second kappa shape index (κ2) is 10.3. The summed E-state index contributed by atoms with van der Waals surface area (Å²) in [5, 5.41) is 9.42. The van der Waals surface area contributed by atoms with E-state index < -0.39 is 11.7 Å².